The van der Waals surface area contributed by atoms with Gasteiger partial charge in [0.05, 0.1) is 41.6 Å². The van der Waals surface area contributed by atoms with Gasteiger partial charge in [-0.05, 0) is 5.56 Å². The zero-order valence-corrected chi connectivity index (χ0v) is 20.5. The number of ketones is 1. The Morgan fingerprint density at radius 1 is 0.861 bits per heavy atom. The summed E-state index contributed by atoms with van der Waals surface area (Å²) in [4.78, 5) is 47.1. The summed E-state index contributed by atoms with van der Waals surface area (Å²) in [6.45, 7) is 0. The quantitative estimate of drug-likeness (QED) is 0.167. The molecule has 1 N–H and O–H groups in total. The minimum absolute atomic E-state index is 0.0313. The van der Waals surface area contributed by atoms with Gasteiger partial charge >= 0.3 is 0 Å². The molecule has 3 aromatic rings. The van der Waals surface area contributed by atoms with Gasteiger partial charge in [0.2, 0.25) is 0 Å². The van der Waals surface area contributed by atoms with Crippen molar-refractivity contribution < 1.29 is 19.4 Å². The van der Waals surface area contributed by atoms with Gasteiger partial charge in [-0.3, -0.25) is 29.8 Å². The molecular weight excluding hydrogens is 558 g/mol. The third-order valence-corrected chi connectivity index (χ3v) is 7.15. The number of benzene rings is 3. The average molecular weight is 568 g/mol. The lowest BCUT2D eigenvalue weighted by Gasteiger charge is -2.12. The van der Waals surface area contributed by atoms with E-state index >= 15 is 0 Å². The largest absolute Gasteiger partial charge is 0.293 e. The van der Waals surface area contributed by atoms with E-state index in [-0.39, 0.29) is 36.9 Å². The number of halogens is 4. The molecule has 4 rings (SSSR count). The van der Waals surface area contributed by atoms with E-state index in [0.717, 1.165) is 18.2 Å². The molecule has 0 aromatic heterocycles. The molecule has 0 saturated heterocycles. The predicted molar refractivity (Wildman–Crippen MR) is 134 cm³/mol. The van der Waals surface area contributed by atoms with Gasteiger partial charge in [0.15, 0.2) is 5.78 Å². The Bertz CT molecular complexity index is 1510. The Labute approximate surface area is 221 Å². The standard InChI is InChI=1S/C22H10Cl4N4O6/c23-16-14-15(17(24)19(26)18(16)25)21(31)13(9-4-2-1-3-5-9)20(14)27-28-22(32)11-8-10(29(33)34)6-7-12(11)30(35)36/h1-8,13H,(H,28,32). The molecule has 182 valence electrons. The normalized spacial score (nSPS) is 15.6. The van der Waals surface area contributed by atoms with E-state index in [0.29, 0.717) is 5.56 Å². The maximum Gasteiger partial charge on any atom is 0.282 e. The molecule has 36 heavy (non-hydrogen) atoms. The van der Waals surface area contributed by atoms with Crippen molar-refractivity contribution in [2.75, 3.05) is 0 Å². The summed E-state index contributed by atoms with van der Waals surface area (Å²) >= 11 is 25.0. The molecular formula is C22H10Cl4N4O6. The molecule has 0 radical (unpaired) electrons. The van der Waals surface area contributed by atoms with Crippen LogP contribution in [0.4, 0.5) is 11.4 Å². The number of Topliss-reactive ketones (excluding diaryl/α,β-unsaturated/α-hetero) is 1. The summed E-state index contributed by atoms with van der Waals surface area (Å²) in [5, 5.41) is 26.0. The van der Waals surface area contributed by atoms with Gasteiger partial charge in [0.1, 0.15) is 5.56 Å². The van der Waals surface area contributed by atoms with Crippen LogP contribution in [0.15, 0.2) is 53.6 Å². The Morgan fingerprint density at radius 2 is 1.47 bits per heavy atom. The number of carbonyl (C=O) groups is 2. The van der Waals surface area contributed by atoms with Gasteiger partial charge in [-0.15, -0.1) is 0 Å². The number of fused-ring (bicyclic) bond motifs is 1. The van der Waals surface area contributed by atoms with Crippen LogP contribution < -0.4 is 5.43 Å². The monoisotopic (exact) mass is 566 g/mol. The van der Waals surface area contributed by atoms with Crippen molar-refractivity contribution in [3.63, 3.8) is 0 Å². The third-order valence-electron chi connectivity index (χ3n) is 5.35. The third kappa shape index (κ3) is 4.28. The van der Waals surface area contributed by atoms with Crippen molar-refractivity contribution in [1.29, 1.82) is 0 Å². The van der Waals surface area contributed by atoms with E-state index in [4.69, 9.17) is 46.4 Å². The van der Waals surface area contributed by atoms with Gasteiger partial charge in [0, 0.05) is 29.3 Å². The Hall–Kier alpha value is -3.57. The first-order chi connectivity index (χ1) is 17.0. The molecule has 1 aliphatic carbocycles. The molecule has 10 nitrogen and oxygen atoms in total. The maximum atomic E-state index is 13.4. The molecule has 1 atom stereocenters. The first-order valence-electron chi connectivity index (χ1n) is 9.80. The molecule has 0 fully saturated rings. The minimum Gasteiger partial charge on any atom is -0.293 e. The molecule has 0 bridgehead atoms. The molecule has 0 spiro atoms. The van der Waals surface area contributed by atoms with E-state index in [2.05, 4.69) is 10.5 Å². The van der Waals surface area contributed by atoms with Gasteiger partial charge in [0.25, 0.3) is 17.3 Å². The number of hydrazone groups is 1. The first kappa shape index (κ1) is 25.5. The van der Waals surface area contributed by atoms with E-state index in [1.807, 2.05) is 0 Å². The van der Waals surface area contributed by atoms with Gasteiger partial charge in [-0.2, -0.15) is 5.10 Å². The number of hydrogen-bond donors (Lipinski definition) is 1. The molecule has 0 heterocycles. The Balaban J connectivity index is 1.87. The highest BCUT2D eigenvalue weighted by molar-refractivity contribution is 6.56. The summed E-state index contributed by atoms with van der Waals surface area (Å²) in [5.41, 5.74) is 0.702. The number of carbonyl (C=O) groups excluding carboxylic acids is 2. The second-order valence-corrected chi connectivity index (χ2v) is 8.88. The van der Waals surface area contributed by atoms with E-state index < -0.39 is 44.4 Å². The summed E-state index contributed by atoms with van der Waals surface area (Å²) < 4.78 is 0. The number of hydrogen-bond acceptors (Lipinski definition) is 7. The molecule has 0 saturated carbocycles. The van der Waals surface area contributed by atoms with E-state index in [1.165, 1.54) is 0 Å². The second-order valence-electron chi connectivity index (χ2n) is 7.37. The SMILES string of the molecule is O=C(NN=C1c2c(Cl)c(Cl)c(Cl)c(Cl)c2C(=O)C1c1ccccc1)c1cc([N+](=O)[O-])ccc1[N+](=O)[O-]. The Morgan fingerprint density at radius 3 is 2.06 bits per heavy atom. The van der Waals surface area contributed by atoms with E-state index in [1.54, 1.807) is 30.3 Å². The maximum absolute atomic E-state index is 13.4. The van der Waals surface area contributed by atoms with Crippen LogP contribution in [0.1, 0.15) is 37.8 Å². The van der Waals surface area contributed by atoms with Crippen LogP contribution in [0, 0.1) is 20.2 Å². The van der Waals surface area contributed by atoms with Gasteiger partial charge < -0.3 is 0 Å². The van der Waals surface area contributed by atoms with Crippen molar-refractivity contribution in [3.8, 4) is 0 Å². The van der Waals surface area contributed by atoms with Gasteiger partial charge in [-0.1, -0.05) is 76.7 Å². The van der Waals surface area contributed by atoms with Crippen LogP contribution in [0.3, 0.4) is 0 Å². The number of non-ortho nitro benzene ring substituents is 1. The van der Waals surface area contributed by atoms with Crippen LogP contribution in [-0.4, -0.2) is 27.2 Å². The molecule has 14 heteroatoms. The van der Waals surface area contributed by atoms with Crippen molar-refractivity contribution >= 4 is 75.2 Å². The number of nitro groups is 2. The highest BCUT2D eigenvalue weighted by Crippen LogP contribution is 2.48. The molecule has 1 unspecified atom stereocenters. The lowest BCUT2D eigenvalue weighted by molar-refractivity contribution is -0.389. The van der Waals surface area contributed by atoms with Crippen LogP contribution in [0.2, 0.25) is 20.1 Å². The topological polar surface area (TPSA) is 145 Å². The number of rotatable bonds is 5. The van der Waals surface area contributed by atoms with E-state index in [9.17, 15) is 29.8 Å². The molecule has 1 amide bonds. The second kappa shape index (κ2) is 9.82. The smallest absolute Gasteiger partial charge is 0.282 e. The van der Waals surface area contributed by atoms with Crippen molar-refractivity contribution in [2.24, 2.45) is 5.10 Å². The number of nitrogens with zero attached hydrogens (tertiary/aromatic N) is 3. The number of amides is 1. The first-order valence-corrected chi connectivity index (χ1v) is 11.3. The minimum atomic E-state index is -1.13. The molecule has 0 aliphatic heterocycles. The lowest BCUT2D eigenvalue weighted by atomic mass is 9.94. The predicted octanol–water partition coefficient (Wildman–Crippen LogP) is 6.23. The fourth-order valence-electron chi connectivity index (χ4n) is 3.74. The lowest BCUT2D eigenvalue weighted by Crippen LogP contribution is -2.23. The summed E-state index contributed by atoms with van der Waals surface area (Å²) in [6.07, 6.45) is 0. The highest BCUT2D eigenvalue weighted by atomic mass is 35.5. The van der Waals surface area contributed by atoms with Gasteiger partial charge in [-0.25, -0.2) is 5.43 Å². The summed E-state index contributed by atoms with van der Waals surface area (Å²) in [6, 6.07) is 10.8. The van der Waals surface area contributed by atoms with Crippen LogP contribution in [0.25, 0.3) is 0 Å². The van der Waals surface area contributed by atoms with Crippen molar-refractivity contribution in [3.05, 3.63) is 111 Å². The molecule has 3 aromatic carbocycles. The zero-order chi connectivity index (χ0) is 26.3. The Kier molecular flexibility index (Phi) is 6.96. The van der Waals surface area contributed by atoms with Crippen LogP contribution in [0.5, 0.6) is 0 Å². The fourth-order valence-corrected chi connectivity index (χ4v) is 4.78. The fraction of sp³-hybridized carbons (Fsp3) is 0.0455. The number of nitrogens with one attached hydrogen (secondary N) is 1. The molecule has 1 aliphatic rings. The zero-order valence-electron chi connectivity index (χ0n) is 17.5. The van der Waals surface area contributed by atoms with Crippen molar-refractivity contribution in [2.45, 2.75) is 5.92 Å². The van der Waals surface area contributed by atoms with Crippen molar-refractivity contribution in [1.82, 2.24) is 5.43 Å². The summed E-state index contributed by atoms with van der Waals surface area (Å²) in [5.74, 6) is -2.73. The average Bonchev–Trinajstić information content (AvgIpc) is 3.16. The summed E-state index contributed by atoms with van der Waals surface area (Å²) in [7, 11) is 0. The van der Waals surface area contributed by atoms with Crippen LogP contribution >= 0.6 is 46.4 Å². The number of nitro benzene ring substituents is 2. The van der Waals surface area contributed by atoms with Crippen LogP contribution in [-0.2, 0) is 0 Å². The highest BCUT2D eigenvalue weighted by Gasteiger charge is 2.43.